The van der Waals surface area contributed by atoms with Gasteiger partial charge in [-0.1, -0.05) is 70.4 Å². The predicted molar refractivity (Wildman–Crippen MR) is 156 cm³/mol. The zero-order chi connectivity index (χ0) is 26.1. The van der Waals surface area contributed by atoms with Crippen LogP contribution in [0.3, 0.4) is 0 Å². The molecule has 2 aromatic carbocycles. The highest BCUT2D eigenvalue weighted by Gasteiger charge is 2.11. The Kier molecular flexibility index (Phi) is 15.9. The standard InChI is InChI=1S/C28H44NO3P.C2H6.2H2/c1-5-6-9-25(21-27-12-11-23(2)24(3)20-27)10-7-18-32-28-15-13-26(14-16-28)22-29-17-8-19-33(4,30)31;1-2;;/h11-16,20,25,29H,5-10,17-19,21-22H2,1-4H3,(H,30,31);1-2H3;2*1H. The second-order valence-corrected chi connectivity index (χ2v) is 12.1. The van der Waals surface area contributed by atoms with Crippen molar-refractivity contribution in [2.75, 3.05) is 26.0 Å². The number of aryl methyl sites for hydroxylation is 2. The topological polar surface area (TPSA) is 58.6 Å². The summed E-state index contributed by atoms with van der Waals surface area (Å²) in [6, 6.07) is 15.1. The van der Waals surface area contributed by atoms with Crippen LogP contribution in [0.25, 0.3) is 0 Å². The van der Waals surface area contributed by atoms with Crippen molar-refractivity contribution < 1.29 is 17.0 Å². The van der Waals surface area contributed by atoms with E-state index in [2.05, 4.69) is 56.4 Å². The molecule has 0 aliphatic carbocycles. The van der Waals surface area contributed by atoms with Crippen LogP contribution in [0.4, 0.5) is 0 Å². The van der Waals surface area contributed by atoms with Gasteiger partial charge in [-0.25, -0.2) is 0 Å². The molecule has 0 spiro atoms. The van der Waals surface area contributed by atoms with E-state index in [4.69, 9.17) is 4.74 Å². The highest BCUT2D eigenvalue weighted by molar-refractivity contribution is 7.57. The Bertz CT molecular complexity index is 872. The van der Waals surface area contributed by atoms with Gasteiger partial charge in [0, 0.05) is 22.2 Å². The molecule has 0 radical (unpaired) electrons. The fraction of sp³-hybridized carbons (Fsp3) is 0.600. The lowest BCUT2D eigenvalue weighted by atomic mass is 9.89. The van der Waals surface area contributed by atoms with E-state index in [0.717, 1.165) is 44.2 Å². The third-order valence-electron chi connectivity index (χ3n) is 6.27. The summed E-state index contributed by atoms with van der Waals surface area (Å²) in [6.07, 6.45) is 8.37. The summed E-state index contributed by atoms with van der Waals surface area (Å²) in [7, 11) is -2.89. The van der Waals surface area contributed by atoms with Crippen molar-refractivity contribution >= 4 is 7.37 Å². The number of hydrogen-bond acceptors (Lipinski definition) is 3. The maximum atomic E-state index is 11.3. The molecule has 0 bridgehead atoms. The predicted octanol–water partition coefficient (Wildman–Crippen LogP) is 8.41. The average molecular weight is 508 g/mol. The zero-order valence-electron chi connectivity index (χ0n) is 23.1. The summed E-state index contributed by atoms with van der Waals surface area (Å²) in [6.45, 7) is 14.3. The van der Waals surface area contributed by atoms with Gasteiger partial charge in [0.15, 0.2) is 7.37 Å². The minimum Gasteiger partial charge on any atom is -0.494 e. The largest absolute Gasteiger partial charge is 0.494 e. The molecule has 0 saturated heterocycles. The third-order valence-corrected chi connectivity index (χ3v) is 7.41. The van der Waals surface area contributed by atoms with Crippen molar-refractivity contribution in [3.63, 3.8) is 0 Å². The Hall–Kier alpha value is -1.61. The number of benzene rings is 2. The van der Waals surface area contributed by atoms with Gasteiger partial charge < -0.3 is 14.9 Å². The van der Waals surface area contributed by atoms with Crippen LogP contribution in [0, 0.1) is 19.8 Å². The smallest absolute Gasteiger partial charge is 0.197 e. The molecule has 2 atom stereocenters. The van der Waals surface area contributed by atoms with E-state index in [1.54, 1.807) is 0 Å². The molecule has 0 aliphatic heterocycles. The summed E-state index contributed by atoms with van der Waals surface area (Å²) >= 11 is 0. The average Bonchev–Trinajstić information content (AvgIpc) is 2.83. The monoisotopic (exact) mass is 507 g/mol. The summed E-state index contributed by atoms with van der Waals surface area (Å²) in [5.74, 6) is 1.64. The van der Waals surface area contributed by atoms with E-state index in [9.17, 15) is 9.46 Å². The first-order valence-corrected chi connectivity index (χ1v) is 15.8. The molecular formula is C30H54NO3P. The summed E-state index contributed by atoms with van der Waals surface area (Å²) in [5, 5.41) is 3.33. The lowest BCUT2D eigenvalue weighted by molar-refractivity contribution is 0.286. The van der Waals surface area contributed by atoms with Crippen LogP contribution >= 0.6 is 7.37 Å². The maximum Gasteiger partial charge on any atom is 0.197 e. The first-order chi connectivity index (χ1) is 16.8. The molecule has 4 nitrogen and oxygen atoms in total. The zero-order valence-corrected chi connectivity index (χ0v) is 24.0. The molecule has 0 saturated carbocycles. The Morgan fingerprint density at radius 2 is 1.63 bits per heavy atom. The molecule has 2 N–H and O–H groups in total. The van der Waals surface area contributed by atoms with Crippen LogP contribution < -0.4 is 10.1 Å². The molecular weight excluding hydrogens is 453 g/mol. The summed E-state index contributed by atoms with van der Waals surface area (Å²) < 4.78 is 17.3. The van der Waals surface area contributed by atoms with Crippen molar-refractivity contribution in [3.8, 4) is 5.75 Å². The second kappa shape index (κ2) is 17.8. The van der Waals surface area contributed by atoms with Gasteiger partial charge in [0.1, 0.15) is 5.75 Å². The maximum absolute atomic E-state index is 11.3. The van der Waals surface area contributed by atoms with Crippen molar-refractivity contribution in [2.45, 2.75) is 86.1 Å². The Labute approximate surface area is 218 Å². The molecule has 2 unspecified atom stereocenters. The molecule has 0 fully saturated rings. The van der Waals surface area contributed by atoms with E-state index in [0.29, 0.717) is 12.6 Å². The molecule has 5 heteroatoms. The van der Waals surface area contributed by atoms with Gasteiger partial charge in [-0.05, 0) is 86.4 Å². The molecule has 0 amide bonds. The van der Waals surface area contributed by atoms with Crippen molar-refractivity contribution in [2.24, 2.45) is 5.92 Å². The van der Waals surface area contributed by atoms with E-state index >= 15 is 0 Å². The molecule has 0 heterocycles. The van der Waals surface area contributed by atoms with Crippen LogP contribution in [-0.4, -0.2) is 30.9 Å². The van der Waals surface area contributed by atoms with Crippen molar-refractivity contribution in [1.29, 1.82) is 0 Å². The molecule has 0 aliphatic rings. The van der Waals surface area contributed by atoms with E-state index < -0.39 is 7.37 Å². The summed E-state index contributed by atoms with van der Waals surface area (Å²) in [4.78, 5) is 9.32. The van der Waals surface area contributed by atoms with Crippen molar-refractivity contribution in [3.05, 3.63) is 64.7 Å². The normalized spacial score (nSPS) is 13.5. The number of unbranched alkanes of at least 4 members (excludes halogenated alkanes) is 1. The van der Waals surface area contributed by atoms with Gasteiger partial charge in [-0.15, -0.1) is 0 Å². The first kappa shape index (κ1) is 31.4. The minimum atomic E-state index is -2.89. The van der Waals surface area contributed by atoms with Crippen LogP contribution in [0.2, 0.25) is 0 Å². The fourth-order valence-electron chi connectivity index (χ4n) is 4.10. The molecule has 0 aromatic heterocycles. The van der Waals surface area contributed by atoms with Gasteiger partial charge in [-0.3, -0.25) is 4.57 Å². The van der Waals surface area contributed by atoms with Gasteiger partial charge in [-0.2, -0.15) is 0 Å². The highest BCUT2D eigenvalue weighted by atomic mass is 31.2. The van der Waals surface area contributed by atoms with Crippen LogP contribution in [0.15, 0.2) is 42.5 Å². The molecule has 2 aromatic rings. The highest BCUT2D eigenvalue weighted by Crippen LogP contribution is 2.35. The molecule has 35 heavy (non-hydrogen) atoms. The molecule has 202 valence electrons. The lowest BCUT2D eigenvalue weighted by Crippen LogP contribution is -2.15. The summed E-state index contributed by atoms with van der Waals surface area (Å²) in [5.41, 5.74) is 5.41. The number of ether oxygens (including phenoxy) is 1. The SMILES string of the molecule is CC.CCCCC(CCCOc1ccc(CNCCCP(C)(=O)O)cc1)Cc1ccc(C)c(C)c1.[HH].[HH]. The van der Waals surface area contributed by atoms with Crippen LogP contribution in [-0.2, 0) is 17.5 Å². The first-order valence-electron chi connectivity index (χ1n) is 13.5. The minimum absolute atomic E-state index is 0. The second-order valence-electron chi connectivity index (χ2n) is 9.57. The number of rotatable bonds is 16. The van der Waals surface area contributed by atoms with E-state index in [-0.39, 0.29) is 2.85 Å². The van der Waals surface area contributed by atoms with Gasteiger partial charge >= 0.3 is 0 Å². The van der Waals surface area contributed by atoms with Gasteiger partial charge in [0.2, 0.25) is 0 Å². The van der Waals surface area contributed by atoms with E-state index in [1.165, 1.54) is 54.6 Å². The van der Waals surface area contributed by atoms with Crippen LogP contribution in [0.5, 0.6) is 5.75 Å². The molecule has 2 rings (SSSR count). The number of nitrogens with one attached hydrogen (secondary N) is 1. The third kappa shape index (κ3) is 14.5. The number of hydrogen-bond donors (Lipinski definition) is 2. The van der Waals surface area contributed by atoms with Gasteiger partial charge in [0.25, 0.3) is 0 Å². The Morgan fingerprint density at radius 1 is 0.971 bits per heavy atom. The van der Waals surface area contributed by atoms with Crippen molar-refractivity contribution in [1.82, 2.24) is 5.32 Å². The Balaban J connectivity index is 0. The van der Waals surface area contributed by atoms with Crippen LogP contribution in [0.1, 0.15) is 84.4 Å². The van der Waals surface area contributed by atoms with Gasteiger partial charge in [0.05, 0.1) is 6.61 Å². The Morgan fingerprint density at radius 3 is 2.26 bits per heavy atom. The fourth-order valence-corrected chi connectivity index (χ4v) is 4.85. The quantitative estimate of drug-likeness (QED) is 0.177. The lowest BCUT2D eigenvalue weighted by Gasteiger charge is -2.18. The van der Waals surface area contributed by atoms with E-state index in [1.807, 2.05) is 26.0 Å².